The van der Waals surface area contributed by atoms with E-state index in [-0.39, 0.29) is 13.2 Å². The molecule has 3 nitrogen and oxygen atoms in total. The highest BCUT2D eigenvalue weighted by molar-refractivity contribution is 5.95. The monoisotopic (exact) mass is 243 g/mol. The van der Waals surface area contributed by atoms with Crippen LogP contribution in [-0.2, 0) is 0 Å². The van der Waals surface area contributed by atoms with Crippen molar-refractivity contribution in [3.63, 3.8) is 0 Å². The molecule has 1 amide bonds. The van der Waals surface area contributed by atoms with Gasteiger partial charge in [0.15, 0.2) is 0 Å². The third-order valence-corrected chi connectivity index (χ3v) is 2.39. The number of hydrogen-bond donors (Lipinski definition) is 1. The lowest BCUT2D eigenvalue weighted by Crippen LogP contribution is -2.37. The van der Waals surface area contributed by atoms with Crippen LogP contribution in [0, 0.1) is 6.92 Å². The van der Waals surface area contributed by atoms with Gasteiger partial charge >= 0.3 is 0 Å². The summed E-state index contributed by atoms with van der Waals surface area (Å²) in [5.74, 6) is -0.475. The molecule has 0 saturated heterocycles. The molecule has 1 N–H and O–H groups in total. The van der Waals surface area contributed by atoms with E-state index in [9.17, 15) is 13.6 Å². The van der Waals surface area contributed by atoms with Crippen LogP contribution in [0.1, 0.15) is 15.9 Å². The van der Waals surface area contributed by atoms with Gasteiger partial charge in [0.05, 0.1) is 13.2 Å². The Bertz CT molecular complexity index is 383. The highest BCUT2D eigenvalue weighted by atomic mass is 19.3. The van der Waals surface area contributed by atoms with Gasteiger partial charge in [-0.1, -0.05) is 18.2 Å². The van der Waals surface area contributed by atoms with Gasteiger partial charge in [-0.15, -0.1) is 0 Å². The minimum atomic E-state index is -2.60. The molecule has 0 heterocycles. The molecule has 0 aliphatic heterocycles. The number of amides is 1. The summed E-state index contributed by atoms with van der Waals surface area (Å²) in [5, 5.41) is 8.78. The summed E-state index contributed by atoms with van der Waals surface area (Å²) in [6.45, 7) is 0.669. The second-order valence-corrected chi connectivity index (χ2v) is 3.68. The van der Waals surface area contributed by atoms with Crippen LogP contribution in [0.25, 0.3) is 0 Å². The lowest BCUT2D eigenvalue weighted by Gasteiger charge is -2.22. The van der Waals surface area contributed by atoms with Crippen molar-refractivity contribution >= 4 is 5.91 Å². The number of aliphatic hydroxyl groups excluding tert-OH is 1. The molecule has 94 valence electrons. The van der Waals surface area contributed by atoms with E-state index in [2.05, 4.69) is 0 Å². The molecule has 0 fully saturated rings. The Balaban J connectivity index is 2.88. The third-order valence-electron chi connectivity index (χ3n) is 2.39. The quantitative estimate of drug-likeness (QED) is 0.855. The number of halogens is 2. The van der Waals surface area contributed by atoms with Crippen molar-refractivity contribution in [3.8, 4) is 0 Å². The Morgan fingerprint density at radius 3 is 2.59 bits per heavy atom. The summed E-state index contributed by atoms with van der Waals surface area (Å²) < 4.78 is 24.6. The second-order valence-electron chi connectivity index (χ2n) is 3.68. The van der Waals surface area contributed by atoms with Gasteiger partial charge in [-0.2, -0.15) is 0 Å². The molecule has 1 aromatic rings. The van der Waals surface area contributed by atoms with Crippen LogP contribution in [-0.4, -0.2) is 42.0 Å². The first-order valence-electron chi connectivity index (χ1n) is 5.30. The zero-order chi connectivity index (χ0) is 12.8. The Morgan fingerprint density at radius 1 is 1.41 bits per heavy atom. The van der Waals surface area contributed by atoms with Crippen molar-refractivity contribution < 1.29 is 18.7 Å². The second kappa shape index (κ2) is 6.30. The molecule has 1 aromatic carbocycles. The minimum absolute atomic E-state index is 0.0858. The predicted molar refractivity (Wildman–Crippen MR) is 60.2 cm³/mol. The highest BCUT2D eigenvalue weighted by Gasteiger charge is 2.20. The van der Waals surface area contributed by atoms with Crippen molar-refractivity contribution in [2.45, 2.75) is 13.3 Å². The van der Waals surface area contributed by atoms with Gasteiger partial charge in [0.2, 0.25) is 0 Å². The van der Waals surface area contributed by atoms with E-state index in [1.807, 2.05) is 0 Å². The molecule has 0 spiro atoms. The number of aliphatic hydroxyl groups is 1. The summed E-state index contributed by atoms with van der Waals surface area (Å²) in [6.07, 6.45) is -2.60. The number of benzene rings is 1. The molecule has 0 unspecified atom stereocenters. The number of rotatable bonds is 5. The maximum Gasteiger partial charge on any atom is 0.255 e. The number of hydrogen-bond acceptors (Lipinski definition) is 2. The molecule has 0 saturated carbocycles. The Hall–Kier alpha value is -1.49. The van der Waals surface area contributed by atoms with Crippen LogP contribution in [0.3, 0.4) is 0 Å². The van der Waals surface area contributed by atoms with E-state index in [1.165, 1.54) is 0 Å². The van der Waals surface area contributed by atoms with E-state index in [1.54, 1.807) is 31.2 Å². The number of aryl methyl sites for hydroxylation is 1. The summed E-state index contributed by atoms with van der Waals surface area (Å²) in [4.78, 5) is 12.9. The van der Waals surface area contributed by atoms with Gasteiger partial charge in [0, 0.05) is 12.1 Å². The van der Waals surface area contributed by atoms with E-state index >= 15 is 0 Å². The topological polar surface area (TPSA) is 40.5 Å². The molecule has 0 radical (unpaired) electrons. The Labute approximate surface area is 98.7 Å². The standard InChI is InChI=1S/C12H15F2NO2/c1-9-4-2-3-5-10(9)12(17)15(6-7-16)8-11(13)14/h2-5,11,16H,6-8H2,1H3. The summed E-state index contributed by atoms with van der Waals surface area (Å²) in [5.41, 5.74) is 1.12. The van der Waals surface area contributed by atoms with Crippen LogP contribution in [0.5, 0.6) is 0 Å². The Kier molecular flexibility index (Phi) is 5.03. The van der Waals surface area contributed by atoms with Crippen LogP contribution < -0.4 is 0 Å². The average molecular weight is 243 g/mol. The number of alkyl halides is 2. The van der Waals surface area contributed by atoms with Gasteiger partial charge < -0.3 is 10.0 Å². The largest absolute Gasteiger partial charge is 0.395 e. The fourth-order valence-corrected chi connectivity index (χ4v) is 1.55. The van der Waals surface area contributed by atoms with Gasteiger partial charge in [-0.25, -0.2) is 8.78 Å². The first-order chi connectivity index (χ1) is 8.06. The molecular weight excluding hydrogens is 228 g/mol. The van der Waals surface area contributed by atoms with E-state index in [0.29, 0.717) is 5.56 Å². The maximum atomic E-state index is 12.3. The van der Waals surface area contributed by atoms with Crippen LogP contribution in [0.4, 0.5) is 8.78 Å². The molecule has 5 heteroatoms. The van der Waals surface area contributed by atoms with Gasteiger partial charge in [0.25, 0.3) is 12.3 Å². The minimum Gasteiger partial charge on any atom is -0.395 e. The molecule has 0 aliphatic rings. The number of carbonyl (C=O) groups excluding carboxylic acids is 1. The zero-order valence-electron chi connectivity index (χ0n) is 9.57. The van der Waals surface area contributed by atoms with Crippen molar-refractivity contribution in [2.24, 2.45) is 0 Å². The lowest BCUT2D eigenvalue weighted by molar-refractivity contribution is 0.0508. The zero-order valence-corrected chi connectivity index (χ0v) is 9.57. The SMILES string of the molecule is Cc1ccccc1C(=O)N(CCO)CC(F)F. The van der Waals surface area contributed by atoms with Gasteiger partial charge in [0.1, 0.15) is 0 Å². The lowest BCUT2D eigenvalue weighted by atomic mass is 10.1. The number of carbonyl (C=O) groups is 1. The molecule has 0 aliphatic carbocycles. The third kappa shape index (κ3) is 3.78. The fourth-order valence-electron chi connectivity index (χ4n) is 1.55. The first kappa shape index (κ1) is 13.6. The Morgan fingerprint density at radius 2 is 2.06 bits per heavy atom. The van der Waals surface area contributed by atoms with Crippen molar-refractivity contribution in [1.82, 2.24) is 4.90 Å². The van der Waals surface area contributed by atoms with Crippen LogP contribution in [0.15, 0.2) is 24.3 Å². The van der Waals surface area contributed by atoms with Gasteiger partial charge in [-0.3, -0.25) is 4.79 Å². The fraction of sp³-hybridized carbons (Fsp3) is 0.417. The van der Waals surface area contributed by atoms with E-state index in [4.69, 9.17) is 5.11 Å². The van der Waals surface area contributed by atoms with Crippen molar-refractivity contribution in [3.05, 3.63) is 35.4 Å². The van der Waals surface area contributed by atoms with Crippen molar-refractivity contribution in [2.75, 3.05) is 19.7 Å². The highest BCUT2D eigenvalue weighted by Crippen LogP contribution is 2.11. The molecular formula is C12H15F2NO2. The molecule has 0 bridgehead atoms. The van der Waals surface area contributed by atoms with Crippen LogP contribution >= 0.6 is 0 Å². The summed E-state index contributed by atoms with van der Waals surface area (Å²) in [6, 6.07) is 6.79. The smallest absolute Gasteiger partial charge is 0.255 e. The van der Waals surface area contributed by atoms with Crippen molar-refractivity contribution in [1.29, 1.82) is 0 Å². The first-order valence-corrected chi connectivity index (χ1v) is 5.30. The van der Waals surface area contributed by atoms with Crippen LogP contribution in [0.2, 0.25) is 0 Å². The van der Waals surface area contributed by atoms with E-state index in [0.717, 1.165) is 10.5 Å². The molecule has 0 atom stereocenters. The normalized spacial score (nSPS) is 10.6. The summed E-state index contributed by atoms with van der Waals surface area (Å²) >= 11 is 0. The molecule has 1 rings (SSSR count). The average Bonchev–Trinajstić information content (AvgIpc) is 2.28. The predicted octanol–water partition coefficient (Wildman–Crippen LogP) is 1.69. The van der Waals surface area contributed by atoms with E-state index < -0.39 is 18.9 Å². The van der Waals surface area contributed by atoms with Gasteiger partial charge in [-0.05, 0) is 18.6 Å². The molecule has 17 heavy (non-hydrogen) atoms. The maximum absolute atomic E-state index is 12.3. The number of nitrogens with zero attached hydrogens (tertiary/aromatic N) is 1. The molecule has 0 aromatic heterocycles. The summed E-state index contributed by atoms with van der Waals surface area (Å²) in [7, 11) is 0.